The van der Waals surface area contributed by atoms with E-state index in [4.69, 9.17) is 4.74 Å². The third kappa shape index (κ3) is 4.60. The molecule has 0 aliphatic heterocycles. The molecule has 2 aliphatic carbocycles. The predicted octanol–water partition coefficient (Wildman–Crippen LogP) is 4.32. The van der Waals surface area contributed by atoms with E-state index < -0.39 is 0 Å². The van der Waals surface area contributed by atoms with Gasteiger partial charge in [-0.1, -0.05) is 35.6 Å². The largest absolute Gasteiger partial charge is 0.497 e. The van der Waals surface area contributed by atoms with Crippen molar-refractivity contribution in [2.45, 2.75) is 43.0 Å². The molecular formula is C20H26N4O2S2. The second-order valence-corrected chi connectivity index (χ2v) is 9.91. The van der Waals surface area contributed by atoms with E-state index in [2.05, 4.69) is 27.8 Å². The van der Waals surface area contributed by atoms with Gasteiger partial charge < -0.3 is 15.4 Å². The lowest BCUT2D eigenvalue weighted by molar-refractivity contribution is -0.119. The molecule has 6 nitrogen and oxygen atoms in total. The fourth-order valence-corrected chi connectivity index (χ4v) is 6.16. The van der Waals surface area contributed by atoms with Crippen molar-refractivity contribution in [1.29, 1.82) is 0 Å². The van der Waals surface area contributed by atoms with Crippen LogP contribution in [-0.4, -0.2) is 35.0 Å². The standard InChI is InChI=1S/C20H26N4O2S2/c1-12(17-9-13-6-7-14(17)8-13)21-18(25)11-27-20-24-23-19(28-20)22-15-4-3-5-16(10-15)26-2/h3-5,10,12-14,17H,6-9,11H2,1-2H3,(H,21,25)(H,22,23)/t12-,13+,14+,17+/m0/s1. The molecule has 2 saturated carbocycles. The Labute approximate surface area is 173 Å². The third-order valence-electron chi connectivity index (χ3n) is 5.88. The van der Waals surface area contributed by atoms with Crippen molar-refractivity contribution in [3.63, 3.8) is 0 Å². The second kappa shape index (κ2) is 8.69. The molecule has 2 aliphatic rings. The zero-order chi connectivity index (χ0) is 19.5. The van der Waals surface area contributed by atoms with Gasteiger partial charge in [0.05, 0.1) is 12.9 Å². The lowest BCUT2D eigenvalue weighted by Crippen LogP contribution is -2.40. The van der Waals surface area contributed by atoms with Crippen molar-refractivity contribution in [2.24, 2.45) is 17.8 Å². The third-order valence-corrected chi connectivity index (χ3v) is 7.85. The number of ether oxygens (including phenoxy) is 1. The Bertz CT molecular complexity index is 828. The van der Waals surface area contributed by atoms with Crippen molar-refractivity contribution in [3.05, 3.63) is 24.3 Å². The summed E-state index contributed by atoms with van der Waals surface area (Å²) in [4.78, 5) is 12.4. The first-order valence-electron chi connectivity index (χ1n) is 9.77. The molecule has 1 aromatic carbocycles. The van der Waals surface area contributed by atoms with Gasteiger partial charge in [0.25, 0.3) is 0 Å². The van der Waals surface area contributed by atoms with Crippen LogP contribution in [0.3, 0.4) is 0 Å². The highest BCUT2D eigenvalue weighted by Crippen LogP contribution is 2.49. The van der Waals surface area contributed by atoms with Gasteiger partial charge in [-0.3, -0.25) is 4.79 Å². The van der Waals surface area contributed by atoms with Gasteiger partial charge in [-0.05, 0) is 56.1 Å². The minimum atomic E-state index is 0.0813. The number of aromatic nitrogens is 2. The maximum atomic E-state index is 12.4. The minimum Gasteiger partial charge on any atom is -0.497 e. The van der Waals surface area contributed by atoms with Gasteiger partial charge in [0.1, 0.15) is 5.75 Å². The summed E-state index contributed by atoms with van der Waals surface area (Å²) in [5, 5.41) is 15.5. The van der Waals surface area contributed by atoms with E-state index >= 15 is 0 Å². The highest BCUT2D eigenvalue weighted by molar-refractivity contribution is 8.01. The molecule has 1 heterocycles. The fourth-order valence-electron chi connectivity index (χ4n) is 4.58. The lowest BCUT2D eigenvalue weighted by atomic mass is 9.84. The Hall–Kier alpha value is -1.80. The van der Waals surface area contributed by atoms with Gasteiger partial charge in [0.2, 0.25) is 11.0 Å². The van der Waals surface area contributed by atoms with Crippen LogP contribution in [0.4, 0.5) is 10.8 Å². The summed E-state index contributed by atoms with van der Waals surface area (Å²) in [5.74, 6) is 3.62. The summed E-state index contributed by atoms with van der Waals surface area (Å²) >= 11 is 2.88. The average Bonchev–Trinajstić information content (AvgIpc) is 3.44. The smallest absolute Gasteiger partial charge is 0.230 e. The summed E-state index contributed by atoms with van der Waals surface area (Å²) in [6.45, 7) is 2.16. The number of fused-ring (bicyclic) bond motifs is 2. The van der Waals surface area contributed by atoms with Crippen LogP contribution in [-0.2, 0) is 4.79 Å². The monoisotopic (exact) mass is 418 g/mol. The summed E-state index contributed by atoms with van der Waals surface area (Å²) in [5.41, 5.74) is 0.893. The van der Waals surface area contributed by atoms with Crippen LogP contribution < -0.4 is 15.4 Å². The highest BCUT2D eigenvalue weighted by atomic mass is 32.2. The molecule has 1 aromatic heterocycles. The van der Waals surface area contributed by atoms with Crippen LogP contribution in [0, 0.1) is 17.8 Å². The summed E-state index contributed by atoms with van der Waals surface area (Å²) in [6, 6.07) is 7.92. The van der Waals surface area contributed by atoms with Gasteiger partial charge in [-0.25, -0.2) is 0 Å². The quantitative estimate of drug-likeness (QED) is 0.622. The molecular weight excluding hydrogens is 392 g/mol. The van der Waals surface area contributed by atoms with Crippen LogP contribution >= 0.6 is 23.1 Å². The lowest BCUT2D eigenvalue weighted by Gasteiger charge is -2.28. The molecule has 4 atom stereocenters. The first-order chi connectivity index (χ1) is 13.6. The normalized spacial score (nSPS) is 24.1. The Kier molecular flexibility index (Phi) is 6.06. The molecule has 0 saturated heterocycles. The van der Waals surface area contributed by atoms with Crippen LogP contribution in [0.2, 0.25) is 0 Å². The van der Waals surface area contributed by atoms with Crippen molar-refractivity contribution in [1.82, 2.24) is 15.5 Å². The number of amides is 1. The van der Waals surface area contributed by atoms with E-state index in [1.165, 1.54) is 48.8 Å². The molecule has 4 rings (SSSR count). The number of nitrogens with one attached hydrogen (secondary N) is 2. The van der Waals surface area contributed by atoms with Crippen LogP contribution in [0.25, 0.3) is 0 Å². The maximum Gasteiger partial charge on any atom is 0.230 e. The molecule has 0 radical (unpaired) electrons. The SMILES string of the molecule is COc1cccc(Nc2nnc(SCC(=O)N[C@@H](C)[C@H]3C[C@@H]4CC[C@@H]3C4)s2)c1. The molecule has 8 heteroatoms. The highest BCUT2D eigenvalue weighted by Gasteiger charge is 2.42. The van der Waals surface area contributed by atoms with Gasteiger partial charge in [-0.2, -0.15) is 0 Å². The van der Waals surface area contributed by atoms with Crippen molar-refractivity contribution in [3.8, 4) is 5.75 Å². The zero-order valence-electron chi connectivity index (χ0n) is 16.2. The Balaban J connectivity index is 1.24. The van der Waals surface area contributed by atoms with E-state index in [0.717, 1.165) is 27.6 Å². The van der Waals surface area contributed by atoms with E-state index in [0.29, 0.717) is 16.8 Å². The molecule has 2 bridgehead atoms. The first kappa shape index (κ1) is 19.5. The maximum absolute atomic E-state index is 12.4. The topological polar surface area (TPSA) is 76.1 Å². The Morgan fingerprint density at radius 3 is 3.00 bits per heavy atom. The number of rotatable bonds is 8. The van der Waals surface area contributed by atoms with Gasteiger partial charge in [-0.15, -0.1) is 10.2 Å². The van der Waals surface area contributed by atoms with E-state index in [-0.39, 0.29) is 11.9 Å². The Morgan fingerprint density at radius 1 is 1.36 bits per heavy atom. The molecule has 2 N–H and O–H groups in total. The average molecular weight is 419 g/mol. The molecule has 0 unspecified atom stereocenters. The molecule has 28 heavy (non-hydrogen) atoms. The van der Waals surface area contributed by atoms with Gasteiger partial charge >= 0.3 is 0 Å². The number of nitrogens with zero attached hydrogens (tertiary/aromatic N) is 2. The molecule has 0 spiro atoms. The molecule has 2 fully saturated rings. The van der Waals surface area contributed by atoms with Crippen molar-refractivity contribution >= 4 is 39.8 Å². The summed E-state index contributed by atoms with van der Waals surface area (Å²) < 4.78 is 6.01. The molecule has 2 aromatic rings. The number of benzene rings is 1. The summed E-state index contributed by atoms with van der Waals surface area (Å²) in [7, 11) is 1.64. The number of carbonyl (C=O) groups excluding carboxylic acids is 1. The van der Waals surface area contributed by atoms with Crippen LogP contribution in [0.5, 0.6) is 5.75 Å². The summed E-state index contributed by atoms with van der Waals surface area (Å²) in [6.07, 6.45) is 5.39. The number of carbonyl (C=O) groups is 1. The molecule has 1 amide bonds. The number of hydrogen-bond acceptors (Lipinski definition) is 7. The number of anilines is 2. The number of thioether (sulfide) groups is 1. The number of methoxy groups -OCH3 is 1. The van der Waals surface area contributed by atoms with Crippen molar-refractivity contribution in [2.75, 3.05) is 18.2 Å². The predicted molar refractivity (Wildman–Crippen MR) is 113 cm³/mol. The zero-order valence-corrected chi connectivity index (χ0v) is 17.8. The van der Waals surface area contributed by atoms with Gasteiger partial charge in [0, 0.05) is 17.8 Å². The Morgan fingerprint density at radius 2 is 2.25 bits per heavy atom. The fraction of sp³-hybridized carbons (Fsp3) is 0.550. The molecule has 150 valence electrons. The van der Waals surface area contributed by atoms with Crippen molar-refractivity contribution < 1.29 is 9.53 Å². The van der Waals surface area contributed by atoms with E-state index in [1.54, 1.807) is 7.11 Å². The van der Waals surface area contributed by atoms with E-state index in [9.17, 15) is 4.79 Å². The van der Waals surface area contributed by atoms with Gasteiger partial charge in [0.15, 0.2) is 4.34 Å². The first-order valence-corrected chi connectivity index (χ1v) is 11.6. The van der Waals surface area contributed by atoms with E-state index in [1.807, 2.05) is 24.3 Å². The van der Waals surface area contributed by atoms with Crippen LogP contribution in [0.15, 0.2) is 28.6 Å². The van der Waals surface area contributed by atoms with Crippen LogP contribution in [0.1, 0.15) is 32.6 Å². The second-order valence-electron chi connectivity index (χ2n) is 7.71. The minimum absolute atomic E-state index is 0.0813. The number of hydrogen-bond donors (Lipinski definition) is 2.